The van der Waals surface area contributed by atoms with E-state index in [0.29, 0.717) is 0 Å². The van der Waals surface area contributed by atoms with Crippen molar-refractivity contribution in [3.63, 3.8) is 0 Å². The molecule has 0 unspecified atom stereocenters. The molecule has 0 spiro atoms. The van der Waals surface area contributed by atoms with E-state index in [0.717, 1.165) is 0 Å². The molecule has 0 heterocycles. The van der Waals surface area contributed by atoms with Crippen molar-refractivity contribution >= 4 is 32.8 Å². The Balaban J connectivity index is 6.10. The average molecular weight is 441 g/mol. The van der Waals surface area contributed by atoms with Crippen LogP contribution in [-0.4, -0.2) is 25.0 Å². The van der Waals surface area contributed by atoms with Gasteiger partial charge in [-0.15, -0.1) is 0 Å². The standard InChI is InChI=1S/C18H45O4PSi3/c1-16(2,3)24(10,11)20-23(19,21-25(12,13)17(4,5)6)22-26(14,15)18(7,8)9/h1-15H3. The van der Waals surface area contributed by atoms with Gasteiger partial charge in [-0.05, 0) is 54.4 Å². The van der Waals surface area contributed by atoms with Crippen molar-refractivity contribution in [1.29, 1.82) is 0 Å². The van der Waals surface area contributed by atoms with Gasteiger partial charge in [0.15, 0.2) is 0 Å². The summed E-state index contributed by atoms with van der Waals surface area (Å²) < 4.78 is 33.2. The van der Waals surface area contributed by atoms with E-state index >= 15 is 0 Å². The molecule has 0 atom stereocenters. The second kappa shape index (κ2) is 7.54. The molecule has 0 aromatic carbocycles. The van der Waals surface area contributed by atoms with Crippen molar-refractivity contribution in [3.05, 3.63) is 0 Å². The fourth-order valence-electron chi connectivity index (χ4n) is 1.31. The van der Waals surface area contributed by atoms with Crippen molar-refractivity contribution in [3.8, 4) is 0 Å². The van der Waals surface area contributed by atoms with E-state index in [-0.39, 0.29) is 15.1 Å². The predicted molar refractivity (Wildman–Crippen MR) is 122 cm³/mol. The van der Waals surface area contributed by atoms with Crippen molar-refractivity contribution < 1.29 is 17.2 Å². The third-order valence-electron chi connectivity index (χ3n) is 6.44. The Morgan fingerprint density at radius 3 is 0.769 bits per heavy atom. The molecule has 0 saturated heterocycles. The van der Waals surface area contributed by atoms with Crippen LogP contribution in [0.15, 0.2) is 0 Å². The molecule has 0 saturated carbocycles. The van der Waals surface area contributed by atoms with Crippen LogP contribution in [0.5, 0.6) is 0 Å². The zero-order chi connectivity index (χ0) is 21.6. The maximum atomic E-state index is 14.0. The third-order valence-corrected chi connectivity index (χ3v) is 25.4. The number of hydrogen-bond acceptors (Lipinski definition) is 4. The van der Waals surface area contributed by atoms with E-state index in [1.807, 2.05) is 0 Å². The van der Waals surface area contributed by atoms with E-state index in [9.17, 15) is 4.57 Å². The first-order valence-corrected chi connectivity index (χ1v) is 19.8. The first-order chi connectivity index (χ1) is 10.9. The fourth-order valence-corrected chi connectivity index (χ4v) is 12.8. The molecule has 4 nitrogen and oxygen atoms in total. The Morgan fingerprint density at radius 2 is 0.654 bits per heavy atom. The van der Waals surface area contributed by atoms with Crippen LogP contribution in [-0.2, 0) is 17.2 Å². The minimum atomic E-state index is -3.69. The summed E-state index contributed by atoms with van der Waals surface area (Å²) in [4.78, 5) is 0. The highest BCUT2D eigenvalue weighted by atomic mass is 31.2. The molecule has 0 fully saturated rings. The molecule has 0 rings (SSSR count). The van der Waals surface area contributed by atoms with Gasteiger partial charge < -0.3 is 12.6 Å². The molecule has 26 heavy (non-hydrogen) atoms. The van der Waals surface area contributed by atoms with Crippen LogP contribution in [0.2, 0.25) is 54.4 Å². The Morgan fingerprint density at radius 1 is 0.500 bits per heavy atom. The van der Waals surface area contributed by atoms with Crippen molar-refractivity contribution in [1.82, 2.24) is 0 Å². The summed E-state index contributed by atoms with van der Waals surface area (Å²) in [6.07, 6.45) is 0. The van der Waals surface area contributed by atoms with E-state index in [2.05, 4.69) is 102 Å². The van der Waals surface area contributed by atoms with Gasteiger partial charge in [0.25, 0.3) is 0 Å². The summed E-state index contributed by atoms with van der Waals surface area (Å²) in [7, 11) is -10.7. The molecule has 0 aromatic rings. The summed E-state index contributed by atoms with van der Waals surface area (Å²) in [5.74, 6) is 0. The van der Waals surface area contributed by atoms with Gasteiger partial charge in [0.2, 0.25) is 25.0 Å². The van der Waals surface area contributed by atoms with E-state index < -0.39 is 32.8 Å². The molecule has 0 amide bonds. The molecule has 0 N–H and O–H groups in total. The van der Waals surface area contributed by atoms with E-state index in [4.69, 9.17) is 12.6 Å². The van der Waals surface area contributed by atoms with Crippen LogP contribution in [0.1, 0.15) is 62.3 Å². The third kappa shape index (κ3) is 6.68. The lowest BCUT2D eigenvalue weighted by Gasteiger charge is -2.46. The maximum absolute atomic E-state index is 14.0. The van der Waals surface area contributed by atoms with Crippen LogP contribution in [0.25, 0.3) is 0 Å². The van der Waals surface area contributed by atoms with Gasteiger partial charge in [-0.2, -0.15) is 0 Å². The highest BCUT2D eigenvalue weighted by Gasteiger charge is 2.53. The lowest BCUT2D eigenvalue weighted by Crippen LogP contribution is -2.47. The highest BCUT2D eigenvalue weighted by molar-refractivity contribution is 7.54. The first-order valence-electron chi connectivity index (χ1n) is 9.59. The smallest absolute Gasteiger partial charge is 0.330 e. The van der Waals surface area contributed by atoms with Crippen molar-refractivity contribution in [2.24, 2.45) is 0 Å². The Kier molecular flexibility index (Phi) is 7.76. The van der Waals surface area contributed by atoms with Gasteiger partial charge in [-0.25, -0.2) is 4.57 Å². The Hall–Kier alpha value is 0.761. The summed E-state index contributed by atoms with van der Waals surface area (Å²) in [6, 6.07) is 0. The largest absolute Gasteiger partial charge is 0.445 e. The average Bonchev–Trinajstić information content (AvgIpc) is 2.19. The van der Waals surface area contributed by atoms with Crippen LogP contribution in [0.3, 0.4) is 0 Å². The second-order valence-corrected chi connectivity index (χ2v) is 28.6. The van der Waals surface area contributed by atoms with Crippen LogP contribution >= 0.6 is 7.82 Å². The maximum Gasteiger partial charge on any atom is 0.445 e. The van der Waals surface area contributed by atoms with Gasteiger partial charge in [0.05, 0.1) is 0 Å². The summed E-state index contributed by atoms with van der Waals surface area (Å²) >= 11 is 0. The molecular weight excluding hydrogens is 395 g/mol. The quantitative estimate of drug-likeness (QED) is 0.308. The lowest BCUT2D eigenvalue weighted by atomic mass is 10.2. The molecule has 0 bridgehead atoms. The highest BCUT2D eigenvalue weighted by Crippen LogP contribution is 2.62. The molecule has 0 aliphatic rings. The van der Waals surface area contributed by atoms with E-state index in [1.165, 1.54) is 0 Å². The van der Waals surface area contributed by atoms with Crippen LogP contribution in [0, 0.1) is 0 Å². The number of hydrogen-bond donors (Lipinski definition) is 0. The molecule has 0 radical (unpaired) electrons. The summed E-state index contributed by atoms with van der Waals surface area (Å²) in [5.41, 5.74) is 0. The molecule has 0 aliphatic carbocycles. The molecule has 8 heteroatoms. The molecule has 158 valence electrons. The zero-order valence-corrected chi connectivity index (χ0v) is 24.0. The number of rotatable bonds is 6. The monoisotopic (exact) mass is 440 g/mol. The van der Waals surface area contributed by atoms with Crippen LogP contribution < -0.4 is 0 Å². The van der Waals surface area contributed by atoms with Crippen molar-refractivity contribution in [2.75, 3.05) is 0 Å². The molecular formula is C18H45O4PSi3. The van der Waals surface area contributed by atoms with Gasteiger partial charge in [0.1, 0.15) is 0 Å². The van der Waals surface area contributed by atoms with E-state index in [1.54, 1.807) is 0 Å². The van der Waals surface area contributed by atoms with Crippen LogP contribution in [0.4, 0.5) is 0 Å². The SMILES string of the molecule is CC(C)(C)[Si](C)(C)OP(=O)(O[Si](C)(C)C(C)(C)C)O[Si](C)(C)C(C)(C)C. The van der Waals surface area contributed by atoms with Gasteiger partial charge in [-0.1, -0.05) is 62.3 Å². The topological polar surface area (TPSA) is 44.8 Å². The molecule has 0 aromatic heterocycles. The van der Waals surface area contributed by atoms with Gasteiger partial charge >= 0.3 is 7.82 Å². The normalized spacial score (nSPS) is 16.1. The fraction of sp³-hybridized carbons (Fsp3) is 1.00. The minimum Gasteiger partial charge on any atom is -0.330 e. The van der Waals surface area contributed by atoms with Gasteiger partial charge in [-0.3, -0.25) is 0 Å². The number of phosphoric acid groups is 1. The predicted octanol–water partition coefficient (Wildman–Crippen LogP) is 8.16. The summed E-state index contributed by atoms with van der Waals surface area (Å²) in [5, 5.41) is -0.220. The lowest BCUT2D eigenvalue weighted by molar-refractivity contribution is 0.270. The van der Waals surface area contributed by atoms with Gasteiger partial charge in [0, 0.05) is 0 Å². The zero-order valence-electron chi connectivity index (χ0n) is 20.1. The molecule has 0 aliphatic heterocycles. The minimum absolute atomic E-state index is 0.0732. The summed E-state index contributed by atoms with van der Waals surface area (Å²) in [6.45, 7) is 31.9. The Bertz CT molecular complexity index is 462. The second-order valence-electron chi connectivity index (χ2n) is 12.0. The first kappa shape index (κ1) is 26.8. The van der Waals surface area contributed by atoms with Crippen molar-refractivity contribution in [2.45, 2.75) is 117 Å². The Labute approximate surface area is 166 Å².